The molecule has 0 saturated heterocycles. The summed E-state index contributed by atoms with van der Waals surface area (Å²) in [5.41, 5.74) is 0.667. The molecule has 19 heavy (non-hydrogen) atoms. The van der Waals surface area contributed by atoms with Crippen molar-refractivity contribution >= 4 is 10.0 Å². The number of rotatable bonds is 4. The van der Waals surface area contributed by atoms with Crippen LogP contribution in [0.15, 0.2) is 41.6 Å². The fraction of sp³-hybridized carbons (Fsp3) is 0.0909. The predicted molar refractivity (Wildman–Crippen MR) is 65.0 cm³/mol. The van der Waals surface area contributed by atoms with Crippen LogP contribution in [0.3, 0.4) is 0 Å². The largest absolute Gasteiger partial charge is 0.244 e. The van der Waals surface area contributed by atoms with Crippen LogP contribution in [0, 0.1) is 11.3 Å². The van der Waals surface area contributed by atoms with Gasteiger partial charge in [-0.25, -0.2) is 18.1 Å². The summed E-state index contributed by atoms with van der Waals surface area (Å²) in [5, 5.41) is 16.0. The van der Waals surface area contributed by atoms with Gasteiger partial charge in [-0.2, -0.15) is 15.5 Å². The van der Waals surface area contributed by atoms with Crippen molar-refractivity contribution in [3.8, 4) is 6.07 Å². The molecule has 7 nitrogen and oxygen atoms in total. The molecule has 0 aliphatic heterocycles. The minimum atomic E-state index is -3.67. The van der Waals surface area contributed by atoms with Crippen molar-refractivity contribution in [2.45, 2.75) is 11.4 Å². The summed E-state index contributed by atoms with van der Waals surface area (Å²) >= 11 is 0. The van der Waals surface area contributed by atoms with Crippen LogP contribution in [-0.2, 0) is 16.6 Å². The van der Waals surface area contributed by atoms with E-state index in [1.807, 2.05) is 6.07 Å². The number of nitrogens with one attached hydrogen (secondary N) is 1. The van der Waals surface area contributed by atoms with Crippen molar-refractivity contribution in [3.05, 3.63) is 48.0 Å². The van der Waals surface area contributed by atoms with Gasteiger partial charge in [0.1, 0.15) is 16.7 Å². The zero-order chi connectivity index (χ0) is 13.7. The highest BCUT2D eigenvalue weighted by Gasteiger charge is 2.14. The highest BCUT2D eigenvalue weighted by atomic mass is 32.2. The van der Waals surface area contributed by atoms with Gasteiger partial charge >= 0.3 is 0 Å². The van der Waals surface area contributed by atoms with E-state index >= 15 is 0 Å². The SMILES string of the molecule is N#Cc1ccc(S(=O)(=O)NCc2cccnn2)cn1. The molecule has 0 aliphatic carbocycles. The van der Waals surface area contributed by atoms with Gasteiger partial charge in [0.05, 0.1) is 12.2 Å². The summed E-state index contributed by atoms with van der Waals surface area (Å²) in [6, 6.07) is 7.81. The normalized spacial score (nSPS) is 10.9. The third kappa shape index (κ3) is 3.31. The molecule has 2 aromatic heterocycles. The lowest BCUT2D eigenvalue weighted by molar-refractivity contribution is 0.579. The van der Waals surface area contributed by atoms with Crippen LogP contribution in [0.1, 0.15) is 11.4 Å². The van der Waals surface area contributed by atoms with Gasteiger partial charge in [0.15, 0.2) is 0 Å². The molecule has 96 valence electrons. The van der Waals surface area contributed by atoms with Crippen molar-refractivity contribution < 1.29 is 8.42 Å². The number of nitrogens with zero attached hydrogens (tertiary/aromatic N) is 4. The fourth-order valence-electron chi connectivity index (χ4n) is 1.29. The molecule has 0 aromatic carbocycles. The standard InChI is InChI=1S/C11H9N5O2S/c12-6-9-3-4-11(8-13-9)19(17,18)15-7-10-2-1-5-14-16-10/h1-5,8,15H,7H2. The molecule has 1 N–H and O–H groups in total. The first-order valence-electron chi connectivity index (χ1n) is 5.24. The lowest BCUT2D eigenvalue weighted by atomic mass is 10.4. The monoisotopic (exact) mass is 275 g/mol. The Balaban J connectivity index is 2.12. The van der Waals surface area contributed by atoms with Crippen LogP contribution >= 0.6 is 0 Å². The Morgan fingerprint density at radius 3 is 2.74 bits per heavy atom. The van der Waals surface area contributed by atoms with E-state index in [-0.39, 0.29) is 17.1 Å². The second-order valence-corrected chi connectivity index (χ2v) is 5.30. The van der Waals surface area contributed by atoms with Gasteiger partial charge in [0.25, 0.3) is 0 Å². The fourth-order valence-corrected chi connectivity index (χ4v) is 2.23. The van der Waals surface area contributed by atoms with Crippen LogP contribution in [0.25, 0.3) is 0 Å². The Bertz CT molecular complexity index is 692. The van der Waals surface area contributed by atoms with Crippen molar-refractivity contribution in [1.29, 1.82) is 5.26 Å². The highest BCUT2D eigenvalue weighted by molar-refractivity contribution is 7.89. The molecule has 0 amide bonds. The van der Waals surface area contributed by atoms with Crippen LogP contribution in [0.4, 0.5) is 0 Å². The van der Waals surface area contributed by atoms with E-state index in [1.54, 1.807) is 12.1 Å². The van der Waals surface area contributed by atoms with Gasteiger partial charge in [0, 0.05) is 12.4 Å². The topological polar surface area (TPSA) is 109 Å². The number of aromatic nitrogens is 3. The third-order valence-corrected chi connectivity index (χ3v) is 3.62. The van der Waals surface area contributed by atoms with Gasteiger partial charge in [-0.3, -0.25) is 0 Å². The van der Waals surface area contributed by atoms with Crippen molar-refractivity contribution in [1.82, 2.24) is 19.9 Å². The number of hydrogen-bond acceptors (Lipinski definition) is 6. The molecular formula is C11H9N5O2S. The first kappa shape index (κ1) is 13.1. The quantitative estimate of drug-likeness (QED) is 0.855. The molecule has 0 radical (unpaired) electrons. The Labute approximate surface area is 110 Å². The van der Waals surface area contributed by atoms with Crippen LogP contribution in [0.5, 0.6) is 0 Å². The van der Waals surface area contributed by atoms with Crippen molar-refractivity contribution in [2.24, 2.45) is 0 Å². The smallest absolute Gasteiger partial charge is 0.242 e. The van der Waals surface area contributed by atoms with Gasteiger partial charge in [-0.15, -0.1) is 0 Å². The van der Waals surface area contributed by atoms with Crippen LogP contribution < -0.4 is 4.72 Å². The molecule has 2 rings (SSSR count). The molecule has 2 aromatic rings. The van der Waals surface area contributed by atoms with E-state index in [1.165, 1.54) is 18.3 Å². The minimum absolute atomic E-state index is 0.00427. The van der Waals surface area contributed by atoms with E-state index in [0.717, 1.165) is 6.20 Å². The second kappa shape index (κ2) is 5.51. The van der Waals surface area contributed by atoms with E-state index < -0.39 is 10.0 Å². The first-order valence-corrected chi connectivity index (χ1v) is 6.72. The summed E-state index contributed by atoms with van der Waals surface area (Å²) in [5.74, 6) is 0. The zero-order valence-electron chi connectivity index (χ0n) is 9.68. The zero-order valence-corrected chi connectivity index (χ0v) is 10.5. The molecule has 0 unspecified atom stereocenters. The van der Waals surface area contributed by atoms with Crippen LogP contribution in [0.2, 0.25) is 0 Å². The maximum Gasteiger partial charge on any atom is 0.242 e. The van der Waals surface area contributed by atoms with Crippen LogP contribution in [-0.4, -0.2) is 23.6 Å². The average molecular weight is 275 g/mol. The Kier molecular flexibility index (Phi) is 3.79. The molecule has 0 atom stereocenters. The van der Waals surface area contributed by atoms with E-state index in [2.05, 4.69) is 19.9 Å². The lowest BCUT2D eigenvalue weighted by Gasteiger charge is -2.05. The summed E-state index contributed by atoms with van der Waals surface area (Å²) < 4.78 is 26.2. The van der Waals surface area contributed by atoms with Gasteiger partial charge in [0.2, 0.25) is 10.0 Å². The molecule has 8 heteroatoms. The highest BCUT2D eigenvalue weighted by Crippen LogP contribution is 2.08. The molecule has 0 aliphatic rings. The number of hydrogen-bond donors (Lipinski definition) is 1. The van der Waals surface area contributed by atoms with E-state index in [4.69, 9.17) is 5.26 Å². The first-order chi connectivity index (χ1) is 9.12. The average Bonchev–Trinajstić information content (AvgIpc) is 2.46. The van der Waals surface area contributed by atoms with E-state index in [9.17, 15) is 8.42 Å². The van der Waals surface area contributed by atoms with Gasteiger partial charge in [-0.1, -0.05) is 0 Å². The summed E-state index contributed by atoms with van der Waals surface area (Å²) in [6.07, 6.45) is 2.64. The number of pyridine rings is 1. The maximum absolute atomic E-state index is 11.9. The van der Waals surface area contributed by atoms with Gasteiger partial charge < -0.3 is 0 Å². The molecule has 0 saturated carbocycles. The Morgan fingerprint density at radius 2 is 2.16 bits per heavy atom. The molecule has 0 spiro atoms. The summed E-state index contributed by atoms with van der Waals surface area (Å²) in [4.78, 5) is 3.71. The van der Waals surface area contributed by atoms with Crippen molar-refractivity contribution in [2.75, 3.05) is 0 Å². The minimum Gasteiger partial charge on any atom is -0.244 e. The summed E-state index contributed by atoms with van der Waals surface area (Å²) in [7, 11) is -3.67. The summed E-state index contributed by atoms with van der Waals surface area (Å²) in [6.45, 7) is 0.0379. The van der Waals surface area contributed by atoms with Gasteiger partial charge in [-0.05, 0) is 24.3 Å². The maximum atomic E-state index is 11.9. The molecule has 0 fully saturated rings. The molecule has 0 bridgehead atoms. The van der Waals surface area contributed by atoms with Crippen molar-refractivity contribution in [3.63, 3.8) is 0 Å². The lowest BCUT2D eigenvalue weighted by Crippen LogP contribution is -2.24. The molecular weight excluding hydrogens is 266 g/mol. The third-order valence-electron chi connectivity index (χ3n) is 2.23. The Hall–Kier alpha value is -2.37. The number of nitriles is 1. The number of sulfonamides is 1. The van der Waals surface area contributed by atoms with E-state index in [0.29, 0.717) is 5.69 Å². The Morgan fingerprint density at radius 1 is 1.32 bits per heavy atom. The predicted octanol–water partition coefficient (Wildman–Crippen LogP) is 0.222. The molecule has 2 heterocycles. The second-order valence-electron chi connectivity index (χ2n) is 3.53.